The number of hydrogen-bond acceptors (Lipinski definition) is 2. The molecule has 3 aromatic rings. The van der Waals surface area contributed by atoms with Crippen molar-refractivity contribution < 1.29 is 9.53 Å². The van der Waals surface area contributed by atoms with Crippen molar-refractivity contribution in [3.8, 4) is 0 Å². The van der Waals surface area contributed by atoms with Gasteiger partial charge in [-0.1, -0.05) is 103 Å². The van der Waals surface area contributed by atoms with Crippen molar-refractivity contribution in [1.29, 1.82) is 0 Å². The highest BCUT2D eigenvalue weighted by Crippen LogP contribution is 2.43. The molecule has 0 amide bonds. The van der Waals surface area contributed by atoms with Gasteiger partial charge in [-0.3, -0.25) is 0 Å². The molecular formula is C24H23O2P. The molecule has 0 aliphatic carbocycles. The van der Waals surface area contributed by atoms with Crippen LogP contribution < -0.4 is 15.9 Å². The third-order valence-corrected chi connectivity index (χ3v) is 8.28. The van der Waals surface area contributed by atoms with E-state index in [-0.39, 0.29) is 12.6 Å². The summed E-state index contributed by atoms with van der Waals surface area (Å²) in [7, 11) is 0. The maximum atomic E-state index is 12.8. The molecule has 3 rings (SSSR count). The van der Waals surface area contributed by atoms with Crippen molar-refractivity contribution in [1.82, 2.24) is 0 Å². The van der Waals surface area contributed by atoms with Crippen LogP contribution in [0.2, 0.25) is 0 Å². The smallest absolute Gasteiger partial charge is 0.332 e. The molecule has 0 N–H and O–H groups in total. The van der Waals surface area contributed by atoms with E-state index in [1.165, 1.54) is 0 Å². The molecule has 3 aromatic carbocycles. The van der Waals surface area contributed by atoms with Crippen LogP contribution in [-0.2, 0) is 9.53 Å². The monoisotopic (exact) mass is 374 g/mol. The minimum Gasteiger partial charge on any atom is -0.458 e. The normalized spacial score (nSPS) is 11.3. The number of esters is 1. The Kier molecular flexibility index (Phi) is 6.46. The molecule has 0 saturated carbocycles. The molecule has 136 valence electrons. The third kappa shape index (κ3) is 4.30. The van der Waals surface area contributed by atoms with Gasteiger partial charge in [0.2, 0.25) is 0 Å². The van der Waals surface area contributed by atoms with Crippen LogP contribution in [0, 0.1) is 0 Å². The number of allylic oxidation sites excluding steroid dienone is 1. The van der Waals surface area contributed by atoms with Crippen LogP contribution in [-0.4, -0.2) is 18.4 Å². The molecule has 0 bridgehead atoms. The van der Waals surface area contributed by atoms with Gasteiger partial charge < -0.3 is 4.74 Å². The van der Waals surface area contributed by atoms with Gasteiger partial charge in [0, 0.05) is 5.80 Å². The number of ether oxygens (including phenoxy) is 1. The van der Waals surface area contributed by atoms with E-state index < -0.39 is 6.89 Å². The molecular weight excluding hydrogens is 351 g/mol. The quantitative estimate of drug-likeness (QED) is 0.372. The molecule has 2 nitrogen and oxygen atoms in total. The van der Waals surface area contributed by atoms with Gasteiger partial charge in [0.05, 0.1) is 0 Å². The van der Waals surface area contributed by atoms with Gasteiger partial charge in [0.1, 0.15) is 6.61 Å². The summed E-state index contributed by atoms with van der Waals surface area (Å²) in [5.41, 5.74) is 0. The van der Waals surface area contributed by atoms with Gasteiger partial charge in [-0.25, -0.2) is 4.79 Å². The van der Waals surface area contributed by atoms with Gasteiger partial charge >= 0.3 is 5.97 Å². The van der Waals surface area contributed by atoms with Crippen molar-refractivity contribution in [2.24, 2.45) is 0 Å². The molecule has 0 aliphatic rings. The van der Waals surface area contributed by atoms with Crippen molar-refractivity contribution in [3.63, 3.8) is 0 Å². The zero-order chi connectivity index (χ0) is 19.0. The number of hydrogen-bond donors (Lipinski definition) is 0. The maximum absolute atomic E-state index is 12.8. The second-order valence-corrected chi connectivity index (χ2v) is 9.31. The summed E-state index contributed by atoms with van der Waals surface area (Å²) in [5, 5.41) is 3.39. The van der Waals surface area contributed by atoms with Gasteiger partial charge in [-0.05, 0) is 29.7 Å². The van der Waals surface area contributed by atoms with E-state index in [1.54, 1.807) is 5.80 Å². The average molecular weight is 374 g/mol. The van der Waals surface area contributed by atoms with E-state index in [0.29, 0.717) is 0 Å². The number of benzene rings is 3. The Morgan fingerprint density at radius 2 is 1.19 bits per heavy atom. The van der Waals surface area contributed by atoms with E-state index in [9.17, 15) is 4.79 Å². The maximum Gasteiger partial charge on any atom is 0.332 e. The highest BCUT2D eigenvalue weighted by Gasteiger charge is 2.26. The van der Waals surface area contributed by atoms with Crippen LogP contribution in [0.1, 0.15) is 6.92 Å². The first-order valence-electron chi connectivity index (χ1n) is 8.97. The average Bonchev–Trinajstić information content (AvgIpc) is 2.74. The van der Waals surface area contributed by atoms with Crippen molar-refractivity contribution in [2.45, 2.75) is 6.92 Å². The summed E-state index contributed by atoms with van der Waals surface area (Å²) in [4.78, 5) is 12.8. The van der Waals surface area contributed by atoms with Crippen molar-refractivity contribution in [2.75, 3.05) is 6.61 Å². The van der Waals surface area contributed by atoms with Crippen LogP contribution >= 0.6 is 6.89 Å². The second kappa shape index (κ2) is 9.21. The molecule has 0 radical (unpaired) electrons. The van der Waals surface area contributed by atoms with Gasteiger partial charge in [-0.2, -0.15) is 0 Å². The van der Waals surface area contributed by atoms with Crippen LogP contribution in [0.15, 0.2) is 103 Å². The Bertz CT molecular complexity index is 842. The summed E-state index contributed by atoms with van der Waals surface area (Å²) in [6.45, 7) is -0.0902. The molecule has 0 heterocycles. The van der Waals surface area contributed by atoms with Gasteiger partial charge in [0.15, 0.2) is 0 Å². The Hall–Kier alpha value is -2.83. The highest BCUT2D eigenvalue weighted by atomic mass is 31.2. The Morgan fingerprint density at radius 1 is 0.778 bits per heavy atom. The first-order valence-corrected chi connectivity index (χ1v) is 10.8. The third-order valence-electron chi connectivity index (χ3n) is 4.35. The van der Waals surface area contributed by atoms with E-state index in [1.807, 2.05) is 73.7 Å². The predicted molar refractivity (Wildman–Crippen MR) is 117 cm³/mol. The van der Waals surface area contributed by atoms with Crippen LogP contribution in [0.5, 0.6) is 0 Å². The van der Waals surface area contributed by atoms with E-state index in [0.717, 1.165) is 15.9 Å². The molecule has 0 unspecified atom stereocenters. The van der Waals surface area contributed by atoms with Crippen molar-refractivity contribution in [3.05, 3.63) is 103 Å². The summed E-state index contributed by atoms with van der Waals surface area (Å²) in [5.74, 6) is 1.51. The largest absolute Gasteiger partial charge is 0.458 e. The zero-order valence-corrected chi connectivity index (χ0v) is 16.3. The summed E-state index contributed by atoms with van der Waals surface area (Å²) in [6.07, 6.45) is 3.71. The zero-order valence-electron chi connectivity index (χ0n) is 15.4. The lowest BCUT2D eigenvalue weighted by atomic mass is 10.4. The van der Waals surface area contributed by atoms with Crippen LogP contribution in [0.25, 0.3) is 0 Å². The minimum atomic E-state index is -2.28. The molecule has 0 saturated heterocycles. The molecule has 0 fully saturated rings. The van der Waals surface area contributed by atoms with E-state index in [4.69, 9.17) is 4.74 Å². The highest BCUT2D eigenvalue weighted by molar-refractivity contribution is 7.95. The first-order chi connectivity index (χ1) is 13.3. The lowest BCUT2D eigenvalue weighted by Crippen LogP contribution is -2.29. The van der Waals surface area contributed by atoms with E-state index >= 15 is 0 Å². The lowest BCUT2D eigenvalue weighted by Gasteiger charge is -2.28. The SMILES string of the molecule is C/C=C/COC(=O)C=P(c1ccccc1)(c1ccccc1)c1ccccc1. The van der Waals surface area contributed by atoms with E-state index in [2.05, 4.69) is 36.4 Å². The summed E-state index contributed by atoms with van der Waals surface area (Å²) < 4.78 is 5.45. The first kappa shape index (κ1) is 18.9. The fourth-order valence-electron chi connectivity index (χ4n) is 3.08. The Labute approximate surface area is 161 Å². The van der Waals surface area contributed by atoms with Crippen LogP contribution in [0.3, 0.4) is 0 Å². The molecule has 27 heavy (non-hydrogen) atoms. The van der Waals surface area contributed by atoms with Gasteiger partial charge in [0.25, 0.3) is 0 Å². The molecule has 3 heteroatoms. The summed E-state index contributed by atoms with van der Waals surface area (Å²) >= 11 is 0. The predicted octanol–water partition coefficient (Wildman–Crippen LogP) is 3.90. The minimum absolute atomic E-state index is 0.282. The lowest BCUT2D eigenvalue weighted by molar-refractivity contribution is -0.133. The molecule has 0 atom stereocenters. The fraction of sp³-hybridized carbons (Fsp3) is 0.0833. The Balaban J connectivity index is 2.28. The molecule has 0 aliphatic heterocycles. The standard InChI is InChI=1S/C24H23O2P/c1-2-3-19-26-24(25)20-27(21-13-7-4-8-14-21,22-15-9-5-10-16-22)23-17-11-6-12-18-23/h2-18,20H,19H2,1H3/b3-2+. The van der Waals surface area contributed by atoms with Crippen molar-refractivity contribution >= 4 is 34.6 Å². The van der Waals surface area contributed by atoms with Crippen LogP contribution in [0.4, 0.5) is 0 Å². The topological polar surface area (TPSA) is 26.3 Å². The van der Waals surface area contributed by atoms with Gasteiger partial charge in [-0.15, -0.1) is 0 Å². The fourth-order valence-corrected chi connectivity index (χ4v) is 6.74. The molecule has 0 spiro atoms. The number of carbonyl (C=O) groups excluding carboxylic acids is 1. The molecule has 0 aromatic heterocycles. The summed E-state index contributed by atoms with van der Waals surface area (Å²) in [6, 6.07) is 30.7. The number of carbonyl (C=O) groups is 1. The Morgan fingerprint density at radius 3 is 1.56 bits per heavy atom. The number of rotatable bonds is 6. The second-order valence-electron chi connectivity index (χ2n) is 6.06.